The Labute approximate surface area is 165 Å². The highest BCUT2D eigenvalue weighted by molar-refractivity contribution is 8.26. The summed E-state index contributed by atoms with van der Waals surface area (Å²) < 4.78 is 2.65. The Kier molecular flexibility index (Phi) is 4.51. The average molecular weight is 400 g/mol. The van der Waals surface area contributed by atoms with E-state index in [4.69, 9.17) is 12.2 Å². The number of amides is 1. The van der Waals surface area contributed by atoms with E-state index in [0.29, 0.717) is 9.23 Å². The fraction of sp³-hybridized carbons (Fsp3) is 0.316. The lowest BCUT2D eigenvalue weighted by atomic mass is 9.96. The summed E-state index contributed by atoms with van der Waals surface area (Å²) in [6.07, 6.45) is 6.31. The molecule has 26 heavy (non-hydrogen) atoms. The summed E-state index contributed by atoms with van der Waals surface area (Å²) in [6.45, 7) is 4.08. The second kappa shape index (κ2) is 6.69. The quantitative estimate of drug-likeness (QED) is 0.601. The van der Waals surface area contributed by atoms with Gasteiger partial charge >= 0.3 is 0 Å². The fourth-order valence-electron chi connectivity index (χ4n) is 3.63. The van der Waals surface area contributed by atoms with E-state index in [1.807, 2.05) is 19.9 Å². The molecule has 1 fully saturated rings. The topological polar surface area (TPSA) is 57.8 Å². The molecular weight excluding hydrogens is 382 g/mol. The second-order valence-corrected chi connectivity index (χ2v) is 9.32. The van der Waals surface area contributed by atoms with Gasteiger partial charge in [0.2, 0.25) is 0 Å². The van der Waals surface area contributed by atoms with Crippen molar-refractivity contribution in [2.75, 3.05) is 0 Å². The second-order valence-electron chi connectivity index (χ2n) is 6.52. The minimum Gasteiger partial charge on any atom is -0.308 e. The number of hydrogen-bond donors (Lipinski definition) is 1. The number of thiophene rings is 1. The summed E-state index contributed by atoms with van der Waals surface area (Å²) in [4.78, 5) is 13.9. The Morgan fingerprint density at radius 1 is 1.35 bits per heavy atom. The van der Waals surface area contributed by atoms with Crippen LogP contribution in [0.3, 0.4) is 0 Å². The number of nitriles is 1. The molecule has 1 aliphatic heterocycles. The van der Waals surface area contributed by atoms with Crippen molar-refractivity contribution in [3.8, 4) is 11.1 Å². The number of hydrogen-bond acceptors (Lipinski definition) is 5. The van der Waals surface area contributed by atoms with Crippen molar-refractivity contribution in [1.29, 1.82) is 5.26 Å². The molecule has 0 bridgehead atoms. The maximum Gasteiger partial charge on any atom is 0.263 e. The van der Waals surface area contributed by atoms with E-state index in [1.165, 1.54) is 28.6 Å². The molecule has 0 atom stereocenters. The third-order valence-corrected chi connectivity index (χ3v) is 7.31. The van der Waals surface area contributed by atoms with Crippen molar-refractivity contribution in [3.63, 3.8) is 0 Å². The van der Waals surface area contributed by atoms with Crippen molar-refractivity contribution in [3.05, 3.63) is 43.9 Å². The highest BCUT2D eigenvalue weighted by atomic mass is 32.2. The third kappa shape index (κ3) is 2.82. The van der Waals surface area contributed by atoms with Crippen LogP contribution < -0.4 is 5.32 Å². The van der Waals surface area contributed by atoms with Crippen molar-refractivity contribution in [2.24, 2.45) is 0 Å². The first-order valence-corrected chi connectivity index (χ1v) is 10.5. The minimum absolute atomic E-state index is 0.144. The van der Waals surface area contributed by atoms with E-state index >= 15 is 0 Å². The third-order valence-electron chi connectivity index (χ3n) is 4.87. The van der Waals surface area contributed by atoms with Crippen molar-refractivity contribution in [2.45, 2.75) is 39.5 Å². The van der Waals surface area contributed by atoms with Crippen LogP contribution in [0.5, 0.6) is 0 Å². The van der Waals surface area contributed by atoms with Crippen LogP contribution >= 0.6 is 35.3 Å². The molecule has 3 heterocycles. The number of thioether (sulfide) groups is 1. The van der Waals surface area contributed by atoms with Gasteiger partial charge in [-0.05, 0) is 62.8 Å². The van der Waals surface area contributed by atoms with Crippen molar-refractivity contribution in [1.82, 2.24) is 9.88 Å². The van der Waals surface area contributed by atoms with Gasteiger partial charge in [0.25, 0.3) is 5.91 Å². The van der Waals surface area contributed by atoms with Gasteiger partial charge in [0.05, 0.1) is 10.5 Å². The number of nitrogens with one attached hydrogen (secondary N) is 1. The monoisotopic (exact) mass is 399 g/mol. The van der Waals surface area contributed by atoms with Gasteiger partial charge < -0.3 is 9.88 Å². The summed E-state index contributed by atoms with van der Waals surface area (Å²) in [5.74, 6) is -0.144. The van der Waals surface area contributed by atoms with Crippen LogP contribution in [0, 0.1) is 25.2 Å². The molecule has 4 nitrogen and oxygen atoms in total. The SMILES string of the molecule is Cc1cc(C=C2SC(=S)NC2=O)c(C)n1-c1sc2c(c1C#N)CCCC2. The van der Waals surface area contributed by atoms with E-state index in [0.717, 1.165) is 46.8 Å². The van der Waals surface area contributed by atoms with Gasteiger partial charge in [-0.3, -0.25) is 4.79 Å². The molecule has 4 rings (SSSR count). The smallest absolute Gasteiger partial charge is 0.263 e. The first-order chi connectivity index (χ1) is 12.5. The predicted octanol–water partition coefficient (Wildman–Crippen LogP) is 4.39. The molecule has 2 aliphatic rings. The van der Waals surface area contributed by atoms with Gasteiger partial charge in [-0.15, -0.1) is 11.3 Å². The Hall–Kier alpha value is -1.88. The van der Waals surface area contributed by atoms with E-state index in [2.05, 4.69) is 22.0 Å². The summed E-state index contributed by atoms with van der Waals surface area (Å²) in [6, 6.07) is 4.51. The van der Waals surface area contributed by atoms with E-state index < -0.39 is 0 Å². The van der Waals surface area contributed by atoms with Crippen molar-refractivity contribution < 1.29 is 4.79 Å². The molecule has 1 amide bonds. The van der Waals surface area contributed by atoms with Gasteiger partial charge in [-0.2, -0.15) is 5.26 Å². The number of carbonyl (C=O) groups is 1. The maximum absolute atomic E-state index is 12.0. The Balaban J connectivity index is 1.83. The van der Waals surface area contributed by atoms with Crippen LogP contribution in [0.2, 0.25) is 0 Å². The number of rotatable bonds is 2. The number of thiocarbonyl (C=S) groups is 1. The van der Waals surface area contributed by atoms with Crippen LogP contribution in [0.15, 0.2) is 11.0 Å². The molecule has 2 aromatic rings. The highest BCUT2D eigenvalue weighted by Gasteiger charge is 2.25. The molecule has 2 aromatic heterocycles. The lowest BCUT2D eigenvalue weighted by Crippen LogP contribution is -2.17. The van der Waals surface area contributed by atoms with Crippen LogP contribution in [0.1, 0.15) is 45.8 Å². The molecule has 1 N–H and O–H groups in total. The lowest BCUT2D eigenvalue weighted by Gasteiger charge is -2.10. The molecule has 0 unspecified atom stereocenters. The number of fused-ring (bicyclic) bond motifs is 1. The summed E-state index contributed by atoms with van der Waals surface area (Å²) >= 11 is 8.09. The van der Waals surface area contributed by atoms with Crippen molar-refractivity contribution >= 4 is 51.6 Å². The first-order valence-electron chi connectivity index (χ1n) is 8.48. The highest BCUT2D eigenvalue weighted by Crippen LogP contribution is 2.38. The van der Waals surface area contributed by atoms with Gasteiger partial charge in [0.15, 0.2) is 0 Å². The van der Waals surface area contributed by atoms with E-state index in [1.54, 1.807) is 11.3 Å². The standard InChI is InChI=1S/C19H17N3OS3/c1-10-7-12(8-16-17(23)21-19(24)26-16)11(2)22(10)18-14(9-20)13-5-3-4-6-15(13)25-18/h7-8H,3-6H2,1-2H3,(H,21,23,24). The zero-order chi connectivity index (χ0) is 18.4. The molecule has 0 saturated carbocycles. The maximum atomic E-state index is 12.0. The van der Waals surface area contributed by atoms with Gasteiger partial charge in [0, 0.05) is 16.3 Å². The number of carbonyl (C=O) groups excluding carboxylic acids is 1. The Bertz CT molecular complexity index is 1020. The normalized spacial score (nSPS) is 18.1. The molecule has 132 valence electrons. The summed E-state index contributed by atoms with van der Waals surface area (Å²) in [7, 11) is 0. The molecule has 1 aliphatic carbocycles. The van der Waals surface area contributed by atoms with Gasteiger partial charge in [0.1, 0.15) is 15.4 Å². The molecular formula is C19H17N3OS3. The van der Waals surface area contributed by atoms with Crippen LogP contribution in [-0.4, -0.2) is 14.8 Å². The Morgan fingerprint density at radius 3 is 2.81 bits per heavy atom. The van der Waals surface area contributed by atoms with E-state index in [-0.39, 0.29) is 5.91 Å². The zero-order valence-corrected chi connectivity index (χ0v) is 17.0. The average Bonchev–Trinajstić information content (AvgIpc) is 3.21. The van der Waals surface area contributed by atoms with Crippen LogP contribution in [-0.2, 0) is 17.6 Å². The van der Waals surface area contributed by atoms with Gasteiger partial charge in [-0.1, -0.05) is 24.0 Å². The van der Waals surface area contributed by atoms with Crippen LogP contribution in [0.4, 0.5) is 0 Å². The zero-order valence-electron chi connectivity index (χ0n) is 14.5. The first kappa shape index (κ1) is 17.5. The lowest BCUT2D eigenvalue weighted by molar-refractivity contribution is -0.115. The largest absolute Gasteiger partial charge is 0.308 e. The number of aromatic nitrogens is 1. The fourth-order valence-corrected chi connectivity index (χ4v) is 6.12. The number of nitrogens with zero attached hydrogens (tertiary/aromatic N) is 2. The van der Waals surface area contributed by atoms with E-state index in [9.17, 15) is 10.1 Å². The number of aryl methyl sites for hydroxylation is 2. The van der Waals surface area contributed by atoms with Gasteiger partial charge in [-0.25, -0.2) is 0 Å². The molecule has 0 radical (unpaired) electrons. The Morgan fingerprint density at radius 2 is 2.12 bits per heavy atom. The predicted molar refractivity (Wildman–Crippen MR) is 111 cm³/mol. The summed E-state index contributed by atoms with van der Waals surface area (Å²) in [5, 5.41) is 13.4. The van der Waals surface area contributed by atoms with Crippen LogP contribution in [0.25, 0.3) is 11.1 Å². The molecule has 7 heteroatoms. The minimum atomic E-state index is -0.144. The molecule has 0 aromatic carbocycles. The summed E-state index contributed by atoms with van der Waals surface area (Å²) in [5.41, 5.74) is 5.15. The molecule has 0 spiro atoms. The molecule has 1 saturated heterocycles.